The molecule has 1 aromatic carbocycles. The van der Waals surface area contributed by atoms with E-state index in [1.165, 1.54) is 13.0 Å². The van der Waals surface area contributed by atoms with Crippen LogP contribution in [0.5, 0.6) is 0 Å². The Hall–Kier alpha value is -2.41. The van der Waals surface area contributed by atoms with Crippen LogP contribution >= 0.6 is 11.8 Å². The van der Waals surface area contributed by atoms with Crippen molar-refractivity contribution >= 4 is 40.1 Å². The third-order valence-electron chi connectivity index (χ3n) is 3.00. The lowest BCUT2D eigenvalue weighted by Crippen LogP contribution is -2.41. The van der Waals surface area contributed by atoms with Gasteiger partial charge >= 0.3 is 5.97 Å². The van der Waals surface area contributed by atoms with E-state index in [0.717, 1.165) is 11.8 Å². The summed E-state index contributed by atoms with van der Waals surface area (Å²) in [6, 6.07) is 5.59. The fourth-order valence-electron chi connectivity index (χ4n) is 2.00. The quantitative estimate of drug-likeness (QED) is 0.789. The summed E-state index contributed by atoms with van der Waals surface area (Å²) in [7, 11) is 0. The Kier molecular flexibility index (Phi) is 4.77. The van der Waals surface area contributed by atoms with Crippen LogP contribution in [0.25, 0.3) is 4.91 Å². The predicted octanol–water partition coefficient (Wildman–Crippen LogP) is 1.12. The van der Waals surface area contributed by atoms with Gasteiger partial charge in [-0.15, -0.1) is 11.8 Å². The van der Waals surface area contributed by atoms with E-state index >= 15 is 0 Å². The minimum atomic E-state index is -1.16. The number of carboxylic acid groups (broad SMARTS) is 1. The molecule has 2 N–H and O–H groups in total. The first-order valence-corrected chi connectivity index (χ1v) is 7.41. The fraction of sp³-hybridized carbons (Fsp3) is 0.200. The van der Waals surface area contributed by atoms with Crippen LogP contribution in [0.4, 0.5) is 0 Å². The van der Waals surface area contributed by atoms with Gasteiger partial charge in [-0.2, -0.15) is 0 Å². The van der Waals surface area contributed by atoms with Crippen molar-refractivity contribution in [2.75, 3.05) is 5.75 Å². The summed E-state index contributed by atoms with van der Waals surface area (Å²) in [4.78, 5) is 46.1. The van der Waals surface area contributed by atoms with Gasteiger partial charge in [0, 0.05) is 29.2 Å². The molecule has 1 unspecified atom stereocenters. The molecule has 0 saturated heterocycles. The van der Waals surface area contributed by atoms with Crippen LogP contribution in [-0.2, 0) is 14.4 Å². The van der Waals surface area contributed by atoms with Crippen molar-refractivity contribution in [2.24, 2.45) is 0 Å². The fourth-order valence-corrected chi connectivity index (χ4v) is 3.10. The van der Waals surface area contributed by atoms with Crippen molar-refractivity contribution in [3.05, 3.63) is 41.5 Å². The lowest BCUT2D eigenvalue weighted by atomic mass is 9.95. The zero-order valence-electron chi connectivity index (χ0n) is 11.7. The van der Waals surface area contributed by atoms with Gasteiger partial charge in [-0.3, -0.25) is 14.4 Å². The second-order valence-corrected chi connectivity index (χ2v) is 5.71. The molecule has 7 heteroatoms. The van der Waals surface area contributed by atoms with E-state index in [4.69, 9.17) is 5.11 Å². The third kappa shape index (κ3) is 3.43. The zero-order chi connectivity index (χ0) is 16.3. The number of benzene rings is 1. The molecule has 0 saturated carbocycles. The van der Waals surface area contributed by atoms with Crippen molar-refractivity contribution in [3.8, 4) is 0 Å². The first kappa shape index (κ1) is 16.0. The number of rotatable bonds is 5. The maximum absolute atomic E-state index is 11.8. The first-order valence-electron chi connectivity index (χ1n) is 6.42. The molecule has 1 aromatic rings. The van der Waals surface area contributed by atoms with Gasteiger partial charge in [0.05, 0.1) is 0 Å². The van der Waals surface area contributed by atoms with Gasteiger partial charge in [0.15, 0.2) is 0 Å². The number of amides is 1. The predicted molar refractivity (Wildman–Crippen MR) is 81.5 cm³/mol. The highest BCUT2D eigenvalue weighted by molar-refractivity contribution is 8.08. The second-order valence-electron chi connectivity index (χ2n) is 4.65. The summed E-state index contributed by atoms with van der Waals surface area (Å²) < 4.78 is 0. The summed E-state index contributed by atoms with van der Waals surface area (Å²) in [5, 5.41) is 11.4. The van der Waals surface area contributed by atoms with Gasteiger partial charge in [0.25, 0.3) is 0 Å². The Morgan fingerprint density at radius 1 is 1.23 bits per heavy atom. The molecule has 2 rings (SSSR count). The minimum absolute atomic E-state index is 0.0521. The average molecular weight is 319 g/mol. The van der Waals surface area contributed by atoms with E-state index in [9.17, 15) is 19.2 Å². The molecule has 1 aliphatic rings. The molecule has 6 nitrogen and oxygen atoms in total. The average Bonchev–Trinajstić information content (AvgIpc) is 2.47. The minimum Gasteiger partial charge on any atom is -0.480 e. The van der Waals surface area contributed by atoms with Crippen molar-refractivity contribution in [3.63, 3.8) is 0 Å². The molecule has 0 spiro atoms. The molecule has 1 aliphatic carbocycles. The highest BCUT2D eigenvalue weighted by Crippen LogP contribution is 2.33. The first-order chi connectivity index (χ1) is 10.4. The number of hydrogen-bond acceptors (Lipinski definition) is 5. The van der Waals surface area contributed by atoms with Crippen LogP contribution in [0.2, 0.25) is 0 Å². The standard InChI is InChI=1S/C15H13NO5S/c1-8(17)16-11(15(20)21)7-22-13-6-12(18)14(19)10-5-3-2-4-9(10)13/h2-6,11H,7H2,1H3,(H,16,17)(H,20,21). The van der Waals surface area contributed by atoms with Crippen molar-refractivity contribution in [2.45, 2.75) is 13.0 Å². The molecular weight excluding hydrogens is 306 g/mol. The van der Waals surface area contributed by atoms with Gasteiger partial charge in [-0.05, 0) is 5.56 Å². The number of carbonyl (C=O) groups excluding carboxylic acids is 3. The highest BCUT2D eigenvalue weighted by atomic mass is 32.2. The van der Waals surface area contributed by atoms with Crippen LogP contribution in [0.3, 0.4) is 0 Å². The number of allylic oxidation sites excluding steroid dienone is 1. The molecule has 0 fully saturated rings. The summed E-state index contributed by atoms with van der Waals surface area (Å²) in [5.74, 6) is -2.76. The van der Waals surface area contributed by atoms with Gasteiger partial charge in [0.1, 0.15) is 6.04 Å². The lowest BCUT2D eigenvalue weighted by Gasteiger charge is -2.18. The Bertz CT molecular complexity index is 695. The van der Waals surface area contributed by atoms with Gasteiger partial charge in [-0.25, -0.2) is 4.79 Å². The molecule has 1 atom stereocenters. The van der Waals surface area contributed by atoms with Crippen LogP contribution in [0.1, 0.15) is 22.8 Å². The Morgan fingerprint density at radius 2 is 1.86 bits per heavy atom. The van der Waals surface area contributed by atoms with Crippen molar-refractivity contribution < 1.29 is 24.3 Å². The summed E-state index contributed by atoms with van der Waals surface area (Å²) >= 11 is 1.12. The molecule has 22 heavy (non-hydrogen) atoms. The molecule has 1 amide bonds. The van der Waals surface area contributed by atoms with Crippen LogP contribution < -0.4 is 5.32 Å². The third-order valence-corrected chi connectivity index (χ3v) is 4.15. The number of thioether (sulfide) groups is 1. The monoisotopic (exact) mass is 319 g/mol. The van der Waals surface area contributed by atoms with E-state index < -0.39 is 29.5 Å². The lowest BCUT2D eigenvalue weighted by molar-refractivity contribution is -0.140. The summed E-state index contributed by atoms with van der Waals surface area (Å²) in [6.45, 7) is 1.23. The van der Waals surface area contributed by atoms with Crippen LogP contribution in [0, 0.1) is 0 Å². The zero-order valence-corrected chi connectivity index (χ0v) is 12.5. The smallest absolute Gasteiger partial charge is 0.327 e. The van der Waals surface area contributed by atoms with Crippen LogP contribution in [0.15, 0.2) is 30.3 Å². The number of hydrogen-bond donors (Lipinski definition) is 2. The summed E-state index contributed by atoms with van der Waals surface area (Å²) in [5.41, 5.74) is 0.910. The maximum Gasteiger partial charge on any atom is 0.327 e. The van der Waals surface area contributed by atoms with Gasteiger partial charge in [-0.1, -0.05) is 24.3 Å². The van der Waals surface area contributed by atoms with Crippen LogP contribution in [-0.4, -0.2) is 40.3 Å². The number of nitrogens with one attached hydrogen (secondary N) is 1. The van der Waals surface area contributed by atoms with Crippen molar-refractivity contribution in [1.82, 2.24) is 5.32 Å². The molecule has 114 valence electrons. The van der Waals surface area contributed by atoms with E-state index in [2.05, 4.69) is 5.32 Å². The summed E-state index contributed by atoms with van der Waals surface area (Å²) in [6.07, 6.45) is 1.21. The molecular formula is C15H13NO5S. The number of ketones is 2. The Labute approximate surface area is 130 Å². The molecule has 0 radical (unpaired) electrons. The maximum atomic E-state index is 11.8. The van der Waals surface area contributed by atoms with Crippen molar-refractivity contribution in [1.29, 1.82) is 0 Å². The molecule has 0 aromatic heterocycles. The number of aliphatic carboxylic acids is 1. The number of carbonyl (C=O) groups is 4. The van der Waals surface area contributed by atoms with E-state index in [-0.39, 0.29) is 5.75 Å². The Morgan fingerprint density at radius 3 is 2.45 bits per heavy atom. The molecule has 0 bridgehead atoms. The molecule has 0 aliphatic heterocycles. The Balaban J connectivity index is 2.20. The van der Waals surface area contributed by atoms with E-state index in [1.807, 2.05) is 0 Å². The topological polar surface area (TPSA) is 101 Å². The van der Waals surface area contributed by atoms with E-state index in [1.54, 1.807) is 24.3 Å². The van der Waals surface area contributed by atoms with Gasteiger partial charge in [0.2, 0.25) is 17.5 Å². The SMILES string of the molecule is CC(=O)NC(CSC1=CC(=O)C(=O)c2ccccc21)C(=O)O. The molecule has 0 heterocycles. The van der Waals surface area contributed by atoms with Gasteiger partial charge < -0.3 is 10.4 Å². The highest BCUT2D eigenvalue weighted by Gasteiger charge is 2.27. The number of fused-ring (bicyclic) bond motifs is 1. The number of carboxylic acids is 1. The number of Topliss-reactive ketones (excluding diaryl/α,β-unsaturated/α-hetero) is 1. The van der Waals surface area contributed by atoms with E-state index in [0.29, 0.717) is 16.0 Å². The normalized spacial score (nSPS) is 14.9. The second kappa shape index (κ2) is 6.57. The largest absolute Gasteiger partial charge is 0.480 e.